The lowest BCUT2D eigenvalue weighted by molar-refractivity contribution is -0.122. The van der Waals surface area contributed by atoms with Gasteiger partial charge in [0.2, 0.25) is 5.88 Å². The van der Waals surface area contributed by atoms with E-state index in [1.54, 1.807) is 30.3 Å². The monoisotopic (exact) mass is 585 g/mol. The number of thiocarbonyl (C=S) groups is 1. The molecule has 0 bridgehead atoms. The molecule has 210 valence electrons. The van der Waals surface area contributed by atoms with E-state index in [2.05, 4.69) is 13.8 Å². The highest BCUT2D eigenvalue weighted by Gasteiger charge is 2.32. The van der Waals surface area contributed by atoms with Gasteiger partial charge in [0.05, 0.1) is 12.0 Å². The van der Waals surface area contributed by atoms with E-state index in [0.717, 1.165) is 28.0 Å². The van der Waals surface area contributed by atoms with Crippen LogP contribution in [0.15, 0.2) is 70.5 Å². The highest BCUT2D eigenvalue weighted by Crippen LogP contribution is 2.36. The fourth-order valence-corrected chi connectivity index (χ4v) is 5.95. The first-order valence-corrected chi connectivity index (χ1v) is 14.6. The van der Waals surface area contributed by atoms with Crippen molar-refractivity contribution >= 4 is 45.9 Å². The standard InChI is InChI=1S/C32H31N3O4S2/c1-19(2)24-13-8-20(3)17-26(24)39-29-25(30(36)34-15-6-7-21(4)28(34)33-29)18-27-31(37)35(32(40)41-27)16-14-22-9-11-23(38-5)12-10-22/h6-13,15,17-19H,14,16H2,1-5H3/b27-18+. The van der Waals surface area contributed by atoms with Crippen LogP contribution in [-0.2, 0) is 11.2 Å². The fraction of sp³-hybridized carbons (Fsp3) is 0.250. The van der Waals surface area contributed by atoms with E-state index in [0.29, 0.717) is 33.6 Å². The number of thioether (sulfide) groups is 1. The van der Waals surface area contributed by atoms with Crippen LogP contribution in [0.4, 0.5) is 0 Å². The van der Waals surface area contributed by atoms with Crippen LogP contribution < -0.4 is 15.0 Å². The molecule has 0 radical (unpaired) electrons. The Morgan fingerprint density at radius 2 is 1.83 bits per heavy atom. The molecule has 0 atom stereocenters. The number of carbonyl (C=O) groups is 1. The van der Waals surface area contributed by atoms with Crippen molar-refractivity contribution in [2.45, 2.75) is 40.0 Å². The first kappa shape index (κ1) is 28.6. The van der Waals surface area contributed by atoms with Gasteiger partial charge < -0.3 is 9.47 Å². The summed E-state index contributed by atoms with van der Waals surface area (Å²) >= 11 is 6.75. The van der Waals surface area contributed by atoms with Crippen LogP contribution in [-0.4, -0.2) is 38.2 Å². The van der Waals surface area contributed by atoms with Crippen molar-refractivity contribution in [3.8, 4) is 17.4 Å². The molecule has 1 fully saturated rings. The predicted octanol–water partition coefficient (Wildman–Crippen LogP) is 6.68. The Labute approximate surface area is 248 Å². The maximum absolute atomic E-state index is 13.8. The number of fused-ring (bicyclic) bond motifs is 1. The Bertz CT molecular complexity index is 1740. The summed E-state index contributed by atoms with van der Waals surface area (Å²) in [5, 5.41) is 0. The van der Waals surface area contributed by atoms with E-state index in [-0.39, 0.29) is 28.8 Å². The number of ether oxygens (including phenoxy) is 2. The molecular weight excluding hydrogens is 555 g/mol. The van der Waals surface area contributed by atoms with Crippen LogP contribution in [0.1, 0.15) is 47.6 Å². The molecule has 0 unspecified atom stereocenters. The minimum Gasteiger partial charge on any atom is -0.497 e. The van der Waals surface area contributed by atoms with E-state index in [4.69, 9.17) is 26.7 Å². The average Bonchev–Trinajstić information content (AvgIpc) is 3.21. The molecule has 0 N–H and O–H groups in total. The average molecular weight is 586 g/mol. The number of methoxy groups -OCH3 is 1. The second-order valence-corrected chi connectivity index (χ2v) is 11.9. The number of amides is 1. The Kier molecular flexibility index (Phi) is 8.28. The number of carbonyl (C=O) groups excluding carboxylic acids is 1. The molecule has 0 saturated carbocycles. The minimum atomic E-state index is -0.323. The van der Waals surface area contributed by atoms with Gasteiger partial charge in [-0.15, -0.1) is 0 Å². The number of nitrogens with zero attached hydrogens (tertiary/aromatic N) is 3. The van der Waals surface area contributed by atoms with Gasteiger partial charge in [-0.05, 0) is 78.8 Å². The normalized spacial score (nSPS) is 14.5. The second-order valence-electron chi connectivity index (χ2n) is 10.3. The van der Waals surface area contributed by atoms with Gasteiger partial charge in [0.1, 0.15) is 27.0 Å². The Hall–Kier alpha value is -3.95. The Balaban J connectivity index is 1.53. The molecule has 4 aromatic rings. The van der Waals surface area contributed by atoms with Crippen LogP contribution in [0, 0.1) is 13.8 Å². The van der Waals surface area contributed by atoms with Crippen LogP contribution >= 0.6 is 24.0 Å². The minimum absolute atomic E-state index is 0.153. The summed E-state index contributed by atoms with van der Waals surface area (Å²) in [6.07, 6.45) is 3.87. The van der Waals surface area contributed by atoms with E-state index >= 15 is 0 Å². The Morgan fingerprint density at radius 1 is 1.07 bits per heavy atom. The topological polar surface area (TPSA) is 73.1 Å². The third kappa shape index (κ3) is 5.92. The summed E-state index contributed by atoms with van der Waals surface area (Å²) in [6.45, 7) is 8.48. The van der Waals surface area contributed by atoms with E-state index in [9.17, 15) is 9.59 Å². The van der Waals surface area contributed by atoms with Crippen molar-refractivity contribution in [3.63, 3.8) is 0 Å². The highest BCUT2D eigenvalue weighted by molar-refractivity contribution is 8.26. The summed E-state index contributed by atoms with van der Waals surface area (Å²) in [5.74, 6) is 1.51. The van der Waals surface area contributed by atoms with Crippen LogP contribution in [0.3, 0.4) is 0 Å². The van der Waals surface area contributed by atoms with Crippen LogP contribution in [0.25, 0.3) is 11.7 Å². The SMILES string of the molecule is COc1ccc(CCN2C(=O)/C(=C\c3c(Oc4cc(C)ccc4C(C)C)nc4c(C)cccn4c3=O)SC2=S)cc1. The molecule has 7 nitrogen and oxygen atoms in total. The number of hydrogen-bond donors (Lipinski definition) is 0. The molecule has 1 aliphatic heterocycles. The van der Waals surface area contributed by atoms with Gasteiger partial charge in [0, 0.05) is 12.7 Å². The molecule has 1 aliphatic rings. The van der Waals surface area contributed by atoms with Crippen molar-refractivity contribution in [1.29, 1.82) is 0 Å². The van der Waals surface area contributed by atoms with Crippen molar-refractivity contribution in [2.75, 3.05) is 13.7 Å². The van der Waals surface area contributed by atoms with Gasteiger partial charge >= 0.3 is 0 Å². The summed E-state index contributed by atoms with van der Waals surface area (Å²) in [5.41, 5.74) is 4.28. The van der Waals surface area contributed by atoms with Gasteiger partial charge in [-0.2, -0.15) is 4.98 Å². The first-order chi connectivity index (χ1) is 19.7. The molecule has 2 aromatic heterocycles. The maximum atomic E-state index is 13.8. The van der Waals surface area contributed by atoms with Crippen molar-refractivity contribution < 1.29 is 14.3 Å². The van der Waals surface area contributed by atoms with Crippen LogP contribution in [0.2, 0.25) is 0 Å². The summed E-state index contributed by atoms with van der Waals surface area (Å²) in [7, 11) is 1.63. The molecule has 5 rings (SSSR count). The van der Waals surface area contributed by atoms with Crippen molar-refractivity contribution in [3.05, 3.63) is 104 Å². The second kappa shape index (κ2) is 11.9. The Morgan fingerprint density at radius 3 is 2.54 bits per heavy atom. The highest BCUT2D eigenvalue weighted by atomic mass is 32.2. The van der Waals surface area contributed by atoms with Gasteiger partial charge in [0.25, 0.3) is 11.5 Å². The lowest BCUT2D eigenvalue weighted by Gasteiger charge is -2.16. The van der Waals surface area contributed by atoms with Gasteiger partial charge in [0.15, 0.2) is 0 Å². The number of hydrogen-bond acceptors (Lipinski definition) is 7. The number of benzene rings is 2. The number of aromatic nitrogens is 2. The maximum Gasteiger partial charge on any atom is 0.269 e. The first-order valence-electron chi connectivity index (χ1n) is 13.3. The lowest BCUT2D eigenvalue weighted by atomic mass is 10.0. The molecule has 1 saturated heterocycles. The summed E-state index contributed by atoms with van der Waals surface area (Å²) in [6, 6.07) is 17.4. The van der Waals surface area contributed by atoms with E-state index in [1.807, 2.05) is 62.4 Å². The third-order valence-electron chi connectivity index (χ3n) is 6.98. The number of aryl methyl sites for hydroxylation is 2. The van der Waals surface area contributed by atoms with Crippen molar-refractivity contribution in [2.24, 2.45) is 0 Å². The molecule has 0 spiro atoms. The van der Waals surface area contributed by atoms with Gasteiger partial charge in [-0.1, -0.05) is 68.2 Å². The number of pyridine rings is 1. The van der Waals surface area contributed by atoms with Crippen LogP contribution in [0.5, 0.6) is 17.4 Å². The molecule has 0 aliphatic carbocycles. The van der Waals surface area contributed by atoms with Crippen molar-refractivity contribution in [1.82, 2.24) is 14.3 Å². The summed E-state index contributed by atoms with van der Waals surface area (Å²) < 4.78 is 13.6. The molecule has 1 amide bonds. The smallest absolute Gasteiger partial charge is 0.269 e. The summed E-state index contributed by atoms with van der Waals surface area (Å²) in [4.78, 5) is 34.0. The number of rotatable bonds is 8. The largest absolute Gasteiger partial charge is 0.497 e. The zero-order valence-electron chi connectivity index (χ0n) is 23.6. The lowest BCUT2D eigenvalue weighted by Crippen LogP contribution is -2.30. The fourth-order valence-electron chi connectivity index (χ4n) is 4.66. The molecule has 41 heavy (non-hydrogen) atoms. The molecule has 9 heteroatoms. The third-order valence-corrected chi connectivity index (χ3v) is 8.36. The molecule has 3 heterocycles. The predicted molar refractivity (Wildman–Crippen MR) is 168 cm³/mol. The zero-order valence-corrected chi connectivity index (χ0v) is 25.3. The van der Waals surface area contributed by atoms with E-state index in [1.165, 1.54) is 16.2 Å². The quantitative estimate of drug-likeness (QED) is 0.169. The van der Waals surface area contributed by atoms with E-state index < -0.39 is 0 Å². The van der Waals surface area contributed by atoms with Gasteiger partial charge in [-0.3, -0.25) is 18.9 Å². The molecule has 2 aromatic carbocycles. The van der Waals surface area contributed by atoms with Gasteiger partial charge in [-0.25, -0.2) is 0 Å². The zero-order chi connectivity index (χ0) is 29.3. The molecular formula is C32H31N3O4S2.